The lowest BCUT2D eigenvalue weighted by Gasteiger charge is -2.38. The molecule has 0 atom stereocenters. The molecule has 1 fully saturated rings. The van der Waals surface area contributed by atoms with Crippen molar-refractivity contribution in [1.29, 1.82) is 0 Å². The van der Waals surface area contributed by atoms with Crippen molar-refractivity contribution in [3.05, 3.63) is 0 Å². The fourth-order valence-corrected chi connectivity index (χ4v) is 3.00. The van der Waals surface area contributed by atoms with E-state index in [4.69, 9.17) is 0 Å². The van der Waals surface area contributed by atoms with Crippen LogP contribution in [0.15, 0.2) is 0 Å². The average Bonchev–Trinajstić information content (AvgIpc) is 2.44. The van der Waals surface area contributed by atoms with Crippen LogP contribution in [-0.2, 0) is 4.79 Å². The molecule has 5 nitrogen and oxygen atoms in total. The van der Waals surface area contributed by atoms with E-state index in [-0.39, 0.29) is 6.03 Å². The number of rotatable bonds is 7. The van der Waals surface area contributed by atoms with E-state index in [0.29, 0.717) is 44.8 Å². The van der Waals surface area contributed by atoms with Crippen LogP contribution in [0.4, 0.5) is 4.79 Å². The number of carbonyl (C=O) groups is 2. The molecular weight excluding hydrogens is 268 g/mol. The van der Waals surface area contributed by atoms with Crippen molar-refractivity contribution < 1.29 is 14.7 Å². The van der Waals surface area contributed by atoms with Crippen LogP contribution in [0.1, 0.15) is 59.3 Å². The summed E-state index contributed by atoms with van der Waals surface area (Å²) in [6, 6.07) is -0.0470. The zero-order valence-electron chi connectivity index (χ0n) is 13.7. The number of urea groups is 1. The minimum atomic E-state index is -0.707. The van der Waals surface area contributed by atoms with Gasteiger partial charge in [0, 0.05) is 19.6 Å². The molecule has 1 saturated heterocycles. The van der Waals surface area contributed by atoms with Crippen molar-refractivity contribution in [3.8, 4) is 0 Å². The summed E-state index contributed by atoms with van der Waals surface area (Å²) in [5, 5.41) is 12.4. The number of nitrogens with zero attached hydrogens (tertiary/aromatic N) is 1. The van der Waals surface area contributed by atoms with Crippen LogP contribution in [0.3, 0.4) is 0 Å². The molecule has 5 heteroatoms. The number of carboxylic acid groups (broad SMARTS) is 1. The second kappa shape index (κ2) is 8.25. The Morgan fingerprint density at radius 1 is 1.29 bits per heavy atom. The number of amides is 2. The van der Waals surface area contributed by atoms with Gasteiger partial charge in [-0.05, 0) is 38.0 Å². The summed E-state index contributed by atoms with van der Waals surface area (Å²) in [6.07, 6.45) is 4.80. The normalized spacial score (nSPS) is 17.8. The van der Waals surface area contributed by atoms with Crippen molar-refractivity contribution in [3.63, 3.8) is 0 Å². The van der Waals surface area contributed by atoms with Gasteiger partial charge in [-0.3, -0.25) is 4.79 Å². The zero-order chi connectivity index (χ0) is 15.9. The highest BCUT2D eigenvalue weighted by Crippen LogP contribution is 2.36. The fraction of sp³-hybridized carbons (Fsp3) is 0.875. The lowest BCUT2D eigenvalue weighted by Crippen LogP contribution is -2.49. The lowest BCUT2D eigenvalue weighted by molar-refractivity contribution is -0.152. The minimum Gasteiger partial charge on any atom is -0.481 e. The van der Waals surface area contributed by atoms with Gasteiger partial charge in [0.25, 0.3) is 0 Å². The van der Waals surface area contributed by atoms with Crippen molar-refractivity contribution in [2.24, 2.45) is 11.3 Å². The van der Waals surface area contributed by atoms with E-state index < -0.39 is 11.4 Å². The second-order valence-electron chi connectivity index (χ2n) is 6.59. The predicted molar refractivity (Wildman–Crippen MR) is 83.3 cm³/mol. The maximum atomic E-state index is 12.0. The molecule has 2 amide bonds. The summed E-state index contributed by atoms with van der Waals surface area (Å²) < 4.78 is 0. The lowest BCUT2D eigenvalue weighted by atomic mass is 9.75. The average molecular weight is 298 g/mol. The Morgan fingerprint density at radius 3 is 2.38 bits per heavy atom. The quantitative estimate of drug-likeness (QED) is 0.710. The molecule has 0 aliphatic carbocycles. The predicted octanol–water partition coefficient (Wildman–Crippen LogP) is 3.10. The molecule has 0 radical (unpaired) electrons. The SMILES string of the molecule is CCCC1(C(=O)O)CCN(C(=O)NCCCC(C)C)CC1. The van der Waals surface area contributed by atoms with E-state index in [0.717, 1.165) is 19.3 Å². The van der Waals surface area contributed by atoms with E-state index in [1.165, 1.54) is 0 Å². The molecule has 0 bridgehead atoms. The molecule has 0 aromatic carbocycles. The van der Waals surface area contributed by atoms with E-state index in [9.17, 15) is 14.7 Å². The van der Waals surface area contributed by atoms with Crippen molar-refractivity contribution in [2.75, 3.05) is 19.6 Å². The number of likely N-dealkylation sites (tertiary alicyclic amines) is 1. The van der Waals surface area contributed by atoms with Crippen molar-refractivity contribution >= 4 is 12.0 Å². The molecule has 0 saturated carbocycles. The standard InChI is InChI=1S/C16H30N2O3/c1-4-7-16(14(19)20)8-11-18(12-9-16)15(21)17-10-5-6-13(2)3/h13H,4-12H2,1-3H3,(H,17,21)(H,19,20). The first-order valence-corrected chi connectivity index (χ1v) is 8.17. The molecule has 1 rings (SSSR count). The molecule has 0 aromatic rings. The largest absolute Gasteiger partial charge is 0.481 e. The summed E-state index contributed by atoms with van der Waals surface area (Å²) in [5.41, 5.74) is -0.622. The van der Waals surface area contributed by atoms with Crippen LogP contribution < -0.4 is 5.32 Å². The number of nitrogens with one attached hydrogen (secondary N) is 1. The van der Waals surface area contributed by atoms with Crippen LogP contribution in [-0.4, -0.2) is 41.6 Å². The molecule has 0 aromatic heterocycles. The van der Waals surface area contributed by atoms with Gasteiger partial charge in [0.15, 0.2) is 0 Å². The van der Waals surface area contributed by atoms with Gasteiger partial charge in [0.2, 0.25) is 0 Å². The smallest absolute Gasteiger partial charge is 0.317 e. The van der Waals surface area contributed by atoms with Gasteiger partial charge < -0.3 is 15.3 Å². The number of carboxylic acids is 1. The molecule has 1 aliphatic heterocycles. The summed E-state index contributed by atoms with van der Waals surface area (Å²) >= 11 is 0. The highest BCUT2D eigenvalue weighted by molar-refractivity contribution is 5.77. The highest BCUT2D eigenvalue weighted by Gasteiger charge is 2.41. The van der Waals surface area contributed by atoms with E-state index in [1.807, 2.05) is 6.92 Å². The number of piperidine rings is 1. The van der Waals surface area contributed by atoms with Gasteiger partial charge in [-0.2, -0.15) is 0 Å². The molecule has 21 heavy (non-hydrogen) atoms. The van der Waals surface area contributed by atoms with Gasteiger partial charge in [0.1, 0.15) is 0 Å². The van der Waals surface area contributed by atoms with E-state index in [2.05, 4.69) is 19.2 Å². The Labute approximate surface area is 128 Å². The van der Waals surface area contributed by atoms with Crippen molar-refractivity contribution in [1.82, 2.24) is 10.2 Å². The van der Waals surface area contributed by atoms with Gasteiger partial charge in [0.05, 0.1) is 5.41 Å². The maximum Gasteiger partial charge on any atom is 0.317 e. The number of aliphatic carboxylic acids is 1. The van der Waals surface area contributed by atoms with Gasteiger partial charge in [-0.25, -0.2) is 4.79 Å². The first-order chi connectivity index (χ1) is 9.91. The third-order valence-electron chi connectivity index (χ3n) is 4.42. The summed E-state index contributed by atoms with van der Waals surface area (Å²) in [4.78, 5) is 25.3. The molecule has 2 N–H and O–H groups in total. The Hall–Kier alpha value is -1.26. The highest BCUT2D eigenvalue weighted by atomic mass is 16.4. The summed E-state index contributed by atoms with van der Waals surface area (Å²) in [5.74, 6) is -0.0524. The second-order valence-corrected chi connectivity index (χ2v) is 6.59. The third kappa shape index (κ3) is 5.21. The monoisotopic (exact) mass is 298 g/mol. The van der Waals surface area contributed by atoms with Crippen LogP contribution >= 0.6 is 0 Å². The Morgan fingerprint density at radius 2 is 1.90 bits per heavy atom. The summed E-state index contributed by atoms with van der Waals surface area (Å²) in [6.45, 7) is 8.15. The Kier molecular flexibility index (Phi) is 6.99. The molecule has 122 valence electrons. The van der Waals surface area contributed by atoms with Gasteiger partial charge in [-0.1, -0.05) is 27.2 Å². The Balaban J connectivity index is 2.37. The summed E-state index contributed by atoms with van der Waals surface area (Å²) in [7, 11) is 0. The van der Waals surface area contributed by atoms with Gasteiger partial charge >= 0.3 is 12.0 Å². The number of carbonyl (C=O) groups excluding carboxylic acids is 1. The molecule has 0 spiro atoms. The van der Waals surface area contributed by atoms with E-state index >= 15 is 0 Å². The number of hydrogen-bond donors (Lipinski definition) is 2. The number of hydrogen-bond acceptors (Lipinski definition) is 2. The van der Waals surface area contributed by atoms with Crippen LogP contribution in [0, 0.1) is 11.3 Å². The molecule has 1 aliphatic rings. The Bertz CT molecular complexity index is 347. The topological polar surface area (TPSA) is 69.6 Å². The third-order valence-corrected chi connectivity index (χ3v) is 4.42. The van der Waals surface area contributed by atoms with Crippen LogP contribution in [0.2, 0.25) is 0 Å². The van der Waals surface area contributed by atoms with Crippen molar-refractivity contribution in [2.45, 2.75) is 59.3 Å². The first kappa shape index (κ1) is 17.8. The molecule has 1 heterocycles. The van der Waals surface area contributed by atoms with E-state index in [1.54, 1.807) is 4.90 Å². The minimum absolute atomic E-state index is 0.0470. The fourth-order valence-electron chi connectivity index (χ4n) is 3.00. The first-order valence-electron chi connectivity index (χ1n) is 8.17. The zero-order valence-corrected chi connectivity index (χ0v) is 13.7. The molecular formula is C16H30N2O3. The van der Waals surface area contributed by atoms with Gasteiger partial charge in [-0.15, -0.1) is 0 Å². The molecule has 0 unspecified atom stereocenters. The van der Waals surface area contributed by atoms with Crippen LogP contribution in [0.25, 0.3) is 0 Å². The van der Waals surface area contributed by atoms with Crippen LogP contribution in [0.5, 0.6) is 0 Å². The maximum absolute atomic E-state index is 12.0.